The van der Waals surface area contributed by atoms with Crippen LogP contribution in [0.3, 0.4) is 0 Å². The smallest absolute Gasteiger partial charge is 0.259 e. The highest BCUT2D eigenvalue weighted by molar-refractivity contribution is 7.92. The van der Waals surface area contributed by atoms with Crippen molar-refractivity contribution in [3.63, 3.8) is 0 Å². The van der Waals surface area contributed by atoms with E-state index in [9.17, 15) is 13.2 Å². The Bertz CT molecular complexity index is 1120. The lowest BCUT2D eigenvalue weighted by Gasteiger charge is -2.22. The van der Waals surface area contributed by atoms with E-state index in [1.807, 2.05) is 0 Å². The first-order chi connectivity index (χ1) is 16.4. The Morgan fingerprint density at radius 1 is 1.12 bits per heavy atom. The minimum absolute atomic E-state index is 0.0378. The van der Waals surface area contributed by atoms with Crippen LogP contribution in [0.2, 0.25) is 0 Å². The monoisotopic (exact) mass is 503 g/mol. The van der Waals surface area contributed by atoms with E-state index in [1.54, 1.807) is 24.3 Å². The molecule has 34 heavy (non-hydrogen) atoms. The summed E-state index contributed by atoms with van der Waals surface area (Å²) in [5.41, 5.74) is 1.71. The Hall–Kier alpha value is -1.81. The second-order valence-electron chi connectivity index (χ2n) is 9.81. The summed E-state index contributed by atoms with van der Waals surface area (Å²) in [7, 11) is -1.26. The molecule has 7 nitrogen and oxygen atoms in total. The number of nitrogens with zero attached hydrogens (tertiary/aromatic N) is 2. The molecule has 1 aromatic carbocycles. The van der Waals surface area contributed by atoms with Gasteiger partial charge in [0.2, 0.25) is 0 Å². The van der Waals surface area contributed by atoms with Crippen LogP contribution >= 0.6 is 11.3 Å². The summed E-state index contributed by atoms with van der Waals surface area (Å²) in [5.74, 6) is -0.252. The molecule has 2 saturated carbocycles. The molecule has 0 saturated heterocycles. The molecule has 0 radical (unpaired) electrons. The van der Waals surface area contributed by atoms with E-state index in [-0.39, 0.29) is 17.3 Å². The van der Waals surface area contributed by atoms with Crippen molar-refractivity contribution in [1.29, 1.82) is 0 Å². The third-order valence-electron chi connectivity index (χ3n) is 7.27. The van der Waals surface area contributed by atoms with Gasteiger partial charge in [0.05, 0.1) is 21.9 Å². The highest BCUT2D eigenvalue weighted by Crippen LogP contribution is 2.33. The van der Waals surface area contributed by atoms with Gasteiger partial charge in [-0.3, -0.25) is 10.1 Å². The number of ether oxygens (including phenoxy) is 1. The minimum Gasteiger partial charge on any atom is -0.360 e. The fraction of sp³-hybridized carbons (Fsp3) is 0.600. The third-order valence-corrected chi connectivity index (χ3v) is 10.6. The summed E-state index contributed by atoms with van der Waals surface area (Å²) < 4.78 is 32.2. The molecule has 1 N–H and O–H groups in total. The van der Waals surface area contributed by atoms with E-state index in [1.165, 1.54) is 16.2 Å². The molecule has 9 heteroatoms. The number of rotatable bonds is 7. The molecule has 1 unspecified atom stereocenters. The van der Waals surface area contributed by atoms with E-state index in [2.05, 4.69) is 22.2 Å². The van der Waals surface area contributed by atoms with Crippen LogP contribution in [0.15, 0.2) is 29.2 Å². The molecule has 3 aliphatic rings. The summed E-state index contributed by atoms with van der Waals surface area (Å²) >= 11 is 1.54. The molecule has 2 fully saturated rings. The second-order valence-corrected chi connectivity index (χ2v) is 13.1. The molecule has 2 heterocycles. The average Bonchev–Trinajstić information content (AvgIpc) is 3.59. The van der Waals surface area contributed by atoms with Gasteiger partial charge < -0.3 is 9.64 Å². The van der Waals surface area contributed by atoms with Crippen LogP contribution in [0.5, 0.6) is 0 Å². The summed E-state index contributed by atoms with van der Waals surface area (Å²) in [6.07, 6.45) is 7.66. The van der Waals surface area contributed by atoms with Gasteiger partial charge in [-0.1, -0.05) is 37.8 Å². The van der Waals surface area contributed by atoms with Crippen molar-refractivity contribution in [3.05, 3.63) is 40.4 Å². The van der Waals surface area contributed by atoms with Crippen LogP contribution in [-0.2, 0) is 32.3 Å². The van der Waals surface area contributed by atoms with Crippen molar-refractivity contribution in [1.82, 2.24) is 9.88 Å². The van der Waals surface area contributed by atoms with Crippen molar-refractivity contribution in [2.45, 2.75) is 86.7 Å². The zero-order chi connectivity index (χ0) is 23.7. The fourth-order valence-corrected chi connectivity index (χ4v) is 8.10. The molecule has 184 valence electrons. The molecule has 0 spiro atoms. The van der Waals surface area contributed by atoms with Gasteiger partial charge in [-0.2, -0.15) is 0 Å². The predicted octanol–water partition coefficient (Wildman–Crippen LogP) is 4.49. The van der Waals surface area contributed by atoms with E-state index >= 15 is 0 Å². The Kier molecular flexibility index (Phi) is 7.07. The number of fused-ring (bicyclic) bond motifs is 1. The minimum atomic E-state index is -3.33. The maximum absolute atomic E-state index is 13.4. The van der Waals surface area contributed by atoms with Crippen LogP contribution in [0.25, 0.3) is 0 Å². The average molecular weight is 504 g/mol. The lowest BCUT2D eigenvalue weighted by molar-refractivity contribution is -0.131. The largest absolute Gasteiger partial charge is 0.360 e. The number of carbonyl (C=O) groups is 1. The number of hydrogen-bond donors (Lipinski definition) is 1. The van der Waals surface area contributed by atoms with Gasteiger partial charge >= 0.3 is 0 Å². The number of thiazole rings is 1. The van der Waals surface area contributed by atoms with Gasteiger partial charge in [0.25, 0.3) is 5.91 Å². The first kappa shape index (κ1) is 23.9. The van der Waals surface area contributed by atoms with E-state index < -0.39 is 15.9 Å². The van der Waals surface area contributed by atoms with Gasteiger partial charge in [0.15, 0.2) is 21.1 Å². The Morgan fingerprint density at radius 3 is 2.50 bits per heavy atom. The highest BCUT2D eigenvalue weighted by Gasteiger charge is 2.32. The highest BCUT2D eigenvalue weighted by atomic mass is 32.2. The Morgan fingerprint density at radius 2 is 1.79 bits per heavy atom. The number of likely N-dealkylation sites (N-methyl/N-ethyl adjacent to an activating group) is 1. The second kappa shape index (κ2) is 10.0. The molecule has 2 aliphatic carbocycles. The predicted molar refractivity (Wildman–Crippen MR) is 133 cm³/mol. The Balaban J connectivity index is 1.35. The number of benzene rings is 1. The van der Waals surface area contributed by atoms with Gasteiger partial charge in [0.1, 0.15) is 0 Å². The van der Waals surface area contributed by atoms with Crippen molar-refractivity contribution < 1.29 is 17.9 Å². The van der Waals surface area contributed by atoms with Crippen molar-refractivity contribution >= 4 is 32.2 Å². The zero-order valence-electron chi connectivity index (χ0n) is 19.7. The summed E-state index contributed by atoms with van der Waals surface area (Å²) in [4.78, 5) is 21.8. The van der Waals surface area contributed by atoms with E-state index in [0.717, 1.165) is 76.6 Å². The maximum Gasteiger partial charge on any atom is 0.259 e. The molecule has 1 atom stereocenters. The lowest BCUT2D eigenvalue weighted by Crippen LogP contribution is -2.27. The van der Waals surface area contributed by atoms with Crippen molar-refractivity contribution in [2.24, 2.45) is 0 Å². The fourth-order valence-electron chi connectivity index (χ4n) is 5.29. The first-order valence-corrected chi connectivity index (χ1v) is 14.7. The van der Waals surface area contributed by atoms with Gasteiger partial charge in [0, 0.05) is 18.0 Å². The number of hydrogen-bond acceptors (Lipinski definition) is 7. The molecule has 5 rings (SSSR count). The topological polar surface area (TPSA) is 88.6 Å². The van der Waals surface area contributed by atoms with Crippen LogP contribution in [0, 0.1) is 0 Å². The van der Waals surface area contributed by atoms with Crippen LogP contribution in [-0.4, -0.2) is 49.2 Å². The van der Waals surface area contributed by atoms with Crippen LogP contribution in [0.1, 0.15) is 73.6 Å². The molecule has 1 aromatic heterocycles. The van der Waals surface area contributed by atoms with Gasteiger partial charge in [-0.25, -0.2) is 13.4 Å². The van der Waals surface area contributed by atoms with Gasteiger partial charge in [-0.05, 0) is 56.8 Å². The van der Waals surface area contributed by atoms with Crippen molar-refractivity contribution in [2.75, 3.05) is 18.9 Å². The number of nitrogens with one attached hydrogen (secondary N) is 1. The first-order valence-electron chi connectivity index (χ1n) is 12.4. The normalized spacial score (nSPS) is 21.0. The van der Waals surface area contributed by atoms with Crippen LogP contribution in [0.4, 0.5) is 5.13 Å². The number of carbonyl (C=O) groups excluding carboxylic acids is 1. The van der Waals surface area contributed by atoms with E-state index in [0.29, 0.717) is 15.6 Å². The van der Waals surface area contributed by atoms with Crippen molar-refractivity contribution in [3.8, 4) is 0 Å². The molecule has 1 amide bonds. The quantitative estimate of drug-likeness (QED) is 0.599. The molecule has 2 aromatic rings. The maximum atomic E-state index is 13.4. The van der Waals surface area contributed by atoms with Gasteiger partial charge in [-0.15, -0.1) is 11.3 Å². The Labute approximate surface area is 205 Å². The number of aromatic nitrogens is 1. The van der Waals surface area contributed by atoms with E-state index in [4.69, 9.17) is 4.74 Å². The molecule has 1 aliphatic heterocycles. The lowest BCUT2D eigenvalue weighted by atomic mass is 10.1. The number of anilines is 1. The number of sulfone groups is 1. The third kappa shape index (κ3) is 5.08. The number of amides is 1. The zero-order valence-corrected chi connectivity index (χ0v) is 21.3. The molecular formula is C25H33N3O4S2. The molecule has 0 bridgehead atoms. The summed E-state index contributed by atoms with van der Waals surface area (Å²) in [6.45, 7) is 1.78. The SMILES string of the molecule is CN1CCc2sc(NC(=O)C(OC3CCCC3)c3ccc(S(=O)(=O)C4CCCC4)cc3)nc2C1. The van der Waals surface area contributed by atoms with Crippen LogP contribution < -0.4 is 5.32 Å². The molecular weight excluding hydrogens is 470 g/mol. The summed E-state index contributed by atoms with van der Waals surface area (Å²) in [5, 5.41) is 3.30. The summed E-state index contributed by atoms with van der Waals surface area (Å²) in [6, 6.07) is 6.75. The standard InChI is InChI=1S/C25H33N3O4S2/c1-28-15-14-22-21(16-28)26-25(33-22)27-24(29)23(32-18-6-2-3-7-18)17-10-12-20(13-11-17)34(30,31)19-8-4-5-9-19/h10-13,18-19,23H,2-9,14-16H2,1H3,(H,26,27,29).